The third kappa shape index (κ3) is 3.01. The lowest BCUT2D eigenvalue weighted by atomic mass is 10.2. The lowest BCUT2D eigenvalue weighted by molar-refractivity contribution is -0.123. The first-order valence-electron chi connectivity index (χ1n) is 6.28. The monoisotopic (exact) mass is 239 g/mol. The summed E-state index contributed by atoms with van der Waals surface area (Å²) >= 11 is 0. The van der Waals surface area contributed by atoms with Gasteiger partial charge >= 0.3 is 5.91 Å². The van der Waals surface area contributed by atoms with Crippen LogP contribution in [0.4, 0.5) is 0 Å². The second-order valence-electron chi connectivity index (χ2n) is 4.34. The summed E-state index contributed by atoms with van der Waals surface area (Å²) < 4.78 is 0. The first-order valence-corrected chi connectivity index (χ1v) is 6.28. The normalized spacial score (nSPS) is 13.5. The van der Waals surface area contributed by atoms with Crippen molar-refractivity contribution in [3.8, 4) is 11.8 Å². The minimum atomic E-state index is -0.102. The SMILES string of the molecule is CC#CC(=O)N(Cc1ccccc1)C1=CCCC1. The average Bonchev–Trinajstić information content (AvgIpc) is 2.91. The van der Waals surface area contributed by atoms with Crippen molar-refractivity contribution in [1.82, 2.24) is 4.90 Å². The van der Waals surface area contributed by atoms with E-state index in [0.29, 0.717) is 6.54 Å². The Kier molecular flexibility index (Phi) is 4.20. The number of carbonyl (C=O) groups excluding carboxylic acids is 1. The van der Waals surface area contributed by atoms with Crippen molar-refractivity contribution in [3.63, 3.8) is 0 Å². The van der Waals surface area contributed by atoms with Crippen LogP contribution in [0.3, 0.4) is 0 Å². The summed E-state index contributed by atoms with van der Waals surface area (Å²) in [4.78, 5) is 13.9. The van der Waals surface area contributed by atoms with E-state index in [0.717, 1.165) is 30.5 Å². The molecule has 2 nitrogen and oxygen atoms in total. The Labute approximate surface area is 108 Å². The standard InChI is InChI=1S/C16H17NO/c1-2-8-16(18)17(15-11-6-7-12-15)13-14-9-4-3-5-10-14/h3-5,9-11H,6-7,12-13H2,1H3. The molecule has 0 aromatic heterocycles. The second kappa shape index (κ2) is 6.07. The highest BCUT2D eigenvalue weighted by Gasteiger charge is 2.18. The zero-order chi connectivity index (χ0) is 12.8. The molecular weight excluding hydrogens is 222 g/mol. The Morgan fingerprint density at radius 3 is 2.72 bits per heavy atom. The summed E-state index contributed by atoms with van der Waals surface area (Å²) in [5, 5.41) is 0. The summed E-state index contributed by atoms with van der Waals surface area (Å²) in [6.45, 7) is 2.31. The van der Waals surface area contributed by atoms with E-state index in [9.17, 15) is 4.79 Å². The highest BCUT2D eigenvalue weighted by atomic mass is 16.2. The van der Waals surface area contributed by atoms with Crippen molar-refractivity contribution < 1.29 is 4.79 Å². The lowest BCUT2D eigenvalue weighted by Crippen LogP contribution is -2.28. The first kappa shape index (κ1) is 12.4. The number of benzene rings is 1. The van der Waals surface area contributed by atoms with Crippen LogP contribution in [-0.4, -0.2) is 10.8 Å². The third-order valence-electron chi connectivity index (χ3n) is 3.02. The molecule has 1 aromatic rings. The van der Waals surface area contributed by atoms with Gasteiger partial charge in [-0.2, -0.15) is 0 Å². The Hall–Kier alpha value is -2.01. The molecule has 0 saturated heterocycles. The number of amides is 1. The van der Waals surface area contributed by atoms with Gasteiger partial charge in [-0.25, -0.2) is 0 Å². The number of hydrogen-bond acceptors (Lipinski definition) is 1. The van der Waals surface area contributed by atoms with Crippen LogP contribution >= 0.6 is 0 Å². The zero-order valence-corrected chi connectivity index (χ0v) is 10.6. The molecule has 2 heteroatoms. The van der Waals surface area contributed by atoms with Gasteiger partial charge in [0.1, 0.15) is 0 Å². The smallest absolute Gasteiger partial charge is 0.301 e. The maximum Gasteiger partial charge on any atom is 0.302 e. The summed E-state index contributed by atoms with van der Waals surface area (Å²) in [6.07, 6.45) is 5.32. The van der Waals surface area contributed by atoms with Crippen LogP contribution in [0.1, 0.15) is 31.7 Å². The fraction of sp³-hybridized carbons (Fsp3) is 0.312. The summed E-state index contributed by atoms with van der Waals surface area (Å²) in [5.41, 5.74) is 2.25. The van der Waals surface area contributed by atoms with Crippen LogP contribution in [0.25, 0.3) is 0 Å². The van der Waals surface area contributed by atoms with Crippen LogP contribution in [0, 0.1) is 11.8 Å². The minimum absolute atomic E-state index is 0.102. The predicted octanol–water partition coefficient (Wildman–Crippen LogP) is 3.11. The van der Waals surface area contributed by atoms with Crippen LogP contribution in [0.5, 0.6) is 0 Å². The van der Waals surface area contributed by atoms with E-state index >= 15 is 0 Å². The van der Waals surface area contributed by atoms with Crippen molar-refractivity contribution in [2.24, 2.45) is 0 Å². The molecule has 1 amide bonds. The molecule has 0 fully saturated rings. The van der Waals surface area contributed by atoms with Crippen LogP contribution in [-0.2, 0) is 11.3 Å². The number of rotatable bonds is 3. The van der Waals surface area contributed by atoms with Crippen molar-refractivity contribution in [2.75, 3.05) is 0 Å². The molecule has 18 heavy (non-hydrogen) atoms. The predicted molar refractivity (Wildman–Crippen MR) is 72.4 cm³/mol. The number of carbonyl (C=O) groups is 1. The molecule has 1 aliphatic rings. The lowest BCUT2D eigenvalue weighted by Gasteiger charge is -2.21. The van der Waals surface area contributed by atoms with E-state index in [4.69, 9.17) is 0 Å². The van der Waals surface area contributed by atoms with Gasteiger partial charge in [0.05, 0.1) is 6.54 Å². The van der Waals surface area contributed by atoms with Gasteiger partial charge in [-0.1, -0.05) is 42.3 Å². The Morgan fingerprint density at radius 2 is 2.11 bits per heavy atom. The maximum absolute atomic E-state index is 12.0. The molecule has 0 bridgehead atoms. The van der Waals surface area contributed by atoms with Gasteiger partial charge in [-0.05, 0) is 37.7 Å². The summed E-state index contributed by atoms with van der Waals surface area (Å²) in [5.74, 6) is 5.23. The van der Waals surface area contributed by atoms with Crippen molar-refractivity contribution in [3.05, 3.63) is 47.7 Å². The van der Waals surface area contributed by atoms with E-state index in [-0.39, 0.29) is 5.91 Å². The second-order valence-corrected chi connectivity index (χ2v) is 4.34. The molecule has 0 spiro atoms. The highest BCUT2D eigenvalue weighted by Crippen LogP contribution is 2.23. The van der Waals surface area contributed by atoms with Gasteiger partial charge in [0.15, 0.2) is 0 Å². The number of allylic oxidation sites excluding steroid dienone is 2. The molecule has 0 N–H and O–H groups in total. The molecule has 0 heterocycles. The Morgan fingerprint density at radius 1 is 1.33 bits per heavy atom. The van der Waals surface area contributed by atoms with Gasteiger partial charge in [0.2, 0.25) is 0 Å². The maximum atomic E-state index is 12.0. The Balaban J connectivity index is 2.19. The van der Waals surface area contributed by atoms with Gasteiger partial charge in [0, 0.05) is 5.70 Å². The molecule has 0 atom stereocenters. The molecule has 0 saturated carbocycles. The molecule has 0 aliphatic heterocycles. The summed E-state index contributed by atoms with van der Waals surface area (Å²) in [6, 6.07) is 10.0. The molecule has 1 aliphatic carbocycles. The minimum Gasteiger partial charge on any atom is -0.301 e. The van der Waals surface area contributed by atoms with Gasteiger partial charge in [-0.15, -0.1) is 0 Å². The fourth-order valence-electron chi connectivity index (χ4n) is 2.14. The quantitative estimate of drug-likeness (QED) is 0.742. The molecule has 0 unspecified atom stereocenters. The van der Waals surface area contributed by atoms with E-state index in [1.807, 2.05) is 30.3 Å². The number of nitrogens with zero attached hydrogens (tertiary/aromatic N) is 1. The largest absolute Gasteiger partial charge is 0.302 e. The van der Waals surface area contributed by atoms with Crippen LogP contribution in [0.15, 0.2) is 42.1 Å². The van der Waals surface area contributed by atoms with E-state index in [1.165, 1.54) is 0 Å². The topological polar surface area (TPSA) is 20.3 Å². The molecule has 0 radical (unpaired) electrons. The van der Waals surface area contributed by atoms with Crippen molar-refractivity contribution in [2.45, 2.75) is 32.7 Å². The summed E-state index contributed by atoms with van der Waals surface area (Å²) in [7, 11) is 0. The van der Waals surface area contributed by atoms with Crippen molar-refractivity contribution >= 4 is 5.91 Å². The van der Waals surface area contributed by atoms with Crippen LogP contribution < -0.4 is 0 Å². The van der Waals surface area contributed by atoms with E-state index < -0.39 is 0 Å². The first-order chi connectivity index (χ1) is 8.81. The number of hydrogen-bond donors (Lipinski definition) is 0. The molecular formula is C16H17NO. The van der Waals surface area contributed by atoms with Gasteiger partial charge in [-0.3, -0.25) is 4.79 Å². The average molecular weight is 239 g/mol. The van der Waals surface area contributed by atoms with Gasteiger partial charge in [0.25, 0.3) is 0 Å². The van der Waals surface area contributed by atoms with Gasteiger partial charge < -0.3 is 4.90 Å². The highest BCUT2D eigenvalue weighted by molar-refractivity contribution is 5.94. The van der Waals surface area contributed by atoms with E-state index in [1.54, 1.807) is 11.8 Å². The third-order valence-corrected chi connectivity index (χ3v) is 3.02. The van der Waals surface area contributed by atoms with E-state index in [2.05, 4.69) is 17.9 Å². The molecule has 2 rings (SSSR count). The molecule has 92 valence electrons. The fourth-order valence-corrected chi connectivity index (χ4v) is 2.14. The van der Waals surface area contributed by atoms with Crippen molar-refractivity contribution in [1.29, 1.82) is 0 Å². The molecule has 1 aromatic carbocycles. The Bertz CT molecular complexity index is 505. The van der Waals surface area contributed by atoms with Crippen LogP contribution in [0.2, 0.25) is 0 Å². The zero-order valence-electron chi connectivity index (χ0n) is 10.6.